The number of hydrogen-bond acceptors (Lipinski definition) is 3. The minimum atomic E-state index is -0.221. The number of β-amino-alcohol motifs (C(OH)–C–C–N with tert-alkyl or cyclic N) is 1. The molecule has 1 aliphatic rings. The van der Waals surface area contributed by atoms with E-state index >= 15 is 0 Å². The van der Waals surface area contributed by atoms with Crippen molar-refractivity contribution >= 4 is 5.69 Å². The van der Waals surface area contributed by atoms with Gasteiger partial charge in [0.25, 0.3) is 0 Å². The first kappa shape index (κ1) is 9.49. The van der Waals surface area contributed by atoms with Crippen molar-refractivity contribution in [3.05, 3.63) is 29.8 Å². The normalized spacial score (nSPS) is 21.6. The number of aliphatic hydroxyl groups excluding tert-OH is 2. The Bertz CT molecular complexity index is 314. The van der Waals surface area contributed by atoms with Crippen molar-refractivity contribution in [3.63, 3.8) is 0 Å². The van der Waals surface area contributed by atoms with E-state index in [-0.39, 0.29) is 12.7 Å². The smallest absolute Gasteiger partial charge is 0.0731 e. The van der Waals surface area contributed by atoms with Crippen molar-refractivity contribution in [3.8, 4) is 0 Å². The SMILES string of the molecule is OCc1ccccc1N1CC[C@@H](O)C1. The van der Waals surface area contributed by atoms with Crippen molar-refractivity contribution in [2.75, 3.05) is 18.0 Å². The first-order valence-corrected chi connectivity index (χ1v) is 4.93. The van der Waals surface area contributed by atoms with E-state index in [1.54, 1.807) is 0 Å². The van der Waals surface area contributed by atoms with Crippen molar-refractivity contribution in [1.82, 2.24) is 0 Å². The molecule has 0 saturated carbocycles. The molecular formula is C11H15NO2. The maximum absolute atomic E-state index is 9.42. The topological polar surface area (TPSA) is 43.7 Å². The number of aliphatic hydroxyl groups is 2. The summed E-state index contributed by atoms with van der Waals surface area (Å²) in [7, 11) is 0. The Morgan fingerprint density at radius 2 is 2.14 bits per heavy atom. The fourth-order valence-electron chi connectivity index (χ4n) is 1.91. The van der Waals surface area contributed by atoms with Gasteiger partial charge in [0, 0.05) is 24.3 Å². The number of para-hydroxylation sites is 1. The Morgan fingerprint density at radius 1 is 1.36 bits per heavy atom. The molecule has 1 heterocycles. The lowest BCUT2D eigenvalue weighted by atomic mass is 10.2. The van der Waals surface area contributed by atoms with Gasteiger partial charge in [-0.3, -0.25) is 0 Å². The molecule has 1 aromatic carbocycles. The van der Waals surface area contributed by atoms with E-state index < -0.39 is 0 Å². The Labute approximate surface area is 83.6 Å². The first-order valence-electron chi connectivity index (χ1n) is 4.93. The third-order valence-corrected chi connectivity index (χ3v) is 2.67. The molecule has 2 N–H and O–H groups in total. The summed E-state index contributed by atoms with van der Waals surface area (Å²) in [5.41, 5.74) is 1.98. The molecule has 0 aromatic heterocycles. The Morgan fingerprint density at radius 3 is 2.79 bits per heavy atom. The fourth-order valence-corrected chi connectivity index (χ4v) is 1.91. The lowest BCUT2D eigenvalue weighted by Crippen LogP contribution is -2.22. The van der Waals surface area contributed by atoms with Crippen LogP contribution in [0.5, 0.6) is 0 Å². The minimum Gasteiger partial charge on any atom is -0.392 e. The number of anilines is 1. The van der Waals surface area contributed by atoms with Gasteiger partial charge in [-0.15, -0.1) is 0 Å². The second-order valence-corrected chi connectivity index (χ2v) is 3.68. The lowest BCUT2D eigenvalue weighted by molar-refractivity contribution is 0.198. The molecule has 2 rings (SSSR count). The average molecular weight is 193 g/mol. The number of nitrogens with zero attached hydrogens (tertiary/aromatic N) is 1. The van der Waals surface area contributed by atoms with Gasteiger partial charge in [-0.2, -0.15) is 0 Å². The summed E-state index contributed by atoms with van der Waals surface area (Å²) in [5, 5.41) is 18.6. The molecule has 14 heavy (non-hydrogen) atoms. The zero-order valence-electron chi connectivity index (χ0n) is 8.06. The summed E-state index contributed by atoms with van der Waals surface area (Å²) in [4.78, 5) is 2.12. The van der Waals surface area contributed by atoms with Gasteiger partial charge in [-0.1, -0.05) is 18.2 Å². The van der Waals surface area contributed by atoms with E-state index in [1.165, 1.54) is 0 Å². The molecule has 3 nitrogen and oxygen atoms in total. The quantitative estimate of drug-likeness (QED) is 0.728. The van der Waals surface area contributed by atoms with Crippen LogP contribution >= 0.6 is 0 Å². The number of benzene rings is 1. The molecule has 76 valence electrons. The summed E-state index contributed by atoms with van der Waals surface area (Å²) in [6, 6.07) is 7.78. The standard InChI is InChI=1S/C11H15NO2/c13-8-9-3-1-2-4-11(9)12-6-5-10(14)7-12/h1-4,10,13-14H,5-8H2/t10-/m1/s1. The van der Waals surface area contributed by atoms with Gasteiger partial charge >= 0.3 is 0 Å². The minimum absolute atomic E-state index is 0.0583. The average Bonchev–Trinajstić information content (AvgIpc) is 2.65. The van der Waals surface area contributed by atoms with Gasteiger partial charge in [0.15, 0.2) is 0 Å². The van der Waals surface area contributed by atoms with Crippen molar-refractivity contribution in [2.45, 2.75) is 19.1 Å². The first-order chi connectivity index (χ1) is 6.81. The summed E-state index contributed by atoms with van der Waals surface area (Å²) >= 11 is 0. The van der Waals surface area contributed by atoms with Crippen LogP contribution in [0.2, 0.25) is 0 Å². The molecule has 0 unspecified atom stereocenters. The molecule has 1 aromatic rings. The summed E-state index contributed by atoms with van der Waals surface area (Å²) < 4.78 is 0. The van der Waals surface area contributed by atoms with Crippen LogP contribution in [0, 0.1) is 0 Å². The molecule has 0 radical (unpaired) electrons. The molecule has 1 aliphatic heterocycles. The Hall–Kier alpha value is -1.06. The molecule has 1 fully saturated rings. The molecule has 3 heteroatoms. The number of rotatable bonds is 2. The fraction of sp³-hybridized carbons (Fsp3) is 0.455. The monoisotopic (exact) mass is 193 g/mol. The van der Waals surface area contributed by atoms with E-state index in [1.807, 2.05) is 24.3 Å². The molecule has 0 amide bonds. The van der Waals surface area contributed by atoms with Crippen LogP contribution in [-0.2, 0) is 6.61 Å². The molecular weight excluding hydrogens is 178 g/mol. The number of hydrogen-bond donors (Lipinski definition) is 2. The predicted octanol–water partition coefficient (Wildman–Crippen LogP) is 0.750. The van der Waals surface area contributed by atoms with Gasteiger partial charge in [0.1, 0.15) is 0 Å². The second-order valence-electron chi connectivity index (χ2n) is 3.68. The predicted molar refractivity (Wildman–Crippen MR) is 55.2 cm³/mol. The van der Waals surface area contributed by atoms with Gasteiger partial charge in [-0.05, 0) is 12.5 Å². The van der Waals surface area contributed by atoms with Crippen LogP contribution < -0.4 is 4.90 Å². The highest BCUT2D eigenvalue weighted by atomic mass is 16.3. The van der Waals surface area contributed by atoms with Crippen LogP contribution in [0.1, 0.15) is 12.0 Å². The van der Waals surface area contributed by atoms with Crippen LogP contribution in [0.15, 0.2) is 24.3 Å². The van der Waals surface area contributed by atoms with Gasteiger partial charge in [0.05, 0.1) is 12.7 Å². The zero-order chi connectivity index (χ0) is 9.97. The highest BCUT2D eigenvalue weighted by molar-refractivity contribution is 5.54. The van der Waals surface area contributed by atoms with Crippen LogP contribution in [0.4, 0.5) is 5.69 Å². The molecule has 0 bridgehead atoms. The summed E-state index contributed by atoms with van der Waals surface area (Å²) in [6.07, 6.45) is 0.599. The van der Waals surface area contributed by atoms with Crippen LogP contribution in [0.25, 0.3) is 0 Å². The van der Waals surface area contributed by atoms with Crippen molar-refractivity contribution in [2.24, 2.45) is 0 Å². The summed E-state index contributed by atoms with van der Waals surface area (Å²) in [5.74, 6) is 0. The van der Waals surface area contributed by atoms with Crippen LogP contribution in [0.3, 0.4) is 0 Å². The van der Waals surface area contributed by atoms with Crippen molar-refractivity contribution in [1.29, 1.82) is 0 Å². The maximum Gasteiger partial charge on any atom is 0.0731 e. The largest absolute Gasteiger partial charge is 0.392 e. The molecule has 1 atom stereocenters. The van der Waals surface area contributed by atoms with E-state index in [9.17, 15) is 5.11 Å². The van der Waals surface area contributed by atoms with Gasteiger partial charge in [-0.25, -0.2) is 0 Å². The maximum atomic E-state index is 9.42. The zero-order valence-corrected chi connectivity index (χ0v) is 8.06. The third kappa shape index (κ3) is 1.74. The van der Waals surface area contributed by atoms with E-state index in [4.69, 9.17) is 5.11 Å². The van der Waals surface area contributed by atoms with Gasteiger partial charge < -0.3 is 15.1 Å². The highest BCUT2D eigenvalue weighted by Crippen LogP contribution is 2.24. The molecule has 0 spiro atoms. The highest BCUT2D eigenvalue weighted by Gasteiger charge is 2.21. The molecule has 1 saturated heterocycles. The van der Waals surface area contributed by atoms with Crippen LogP contribution in [-0.4, -0.2) is 29.4 Å². The Kier molecular flexibility index (Phi) is 2.70. The van der Waals surface area contributed by atoms with E-state index in [2.05, 4.69) is 4.90 Å². The van der Waals surface area contributed by atoms with E-state index in [0.717, 1.165) is 24.2 Å². The lowest BCUT2D eigenvalue weighted by Gasteiger charge is -2.20. The second kappa shape index (κ2) is 3.98. The Balaban J connectivity index is 2.22. The van der Waals surface area contributed by atoms with Gasteiger partial charge in [0.2, 0.25) is 0 Å². The molecule has 0 aliphatic carbocycles. The third-order valence-electron chi connectivity index (χ3n) is 2.67. The summed E-state index contributed by atoms with van der Waals surface area (Å²) in [6.45, 7) is 1.61. The van der Waals surface area contributed by atoms with E-state index in [0.29, 0.717) is 6.54 Å². The van der Waals surface area contributed by atoms with Crippen molar-refractivity contribution < 1.29 is 10.2 Å².